The summed E-state index contributed by atoms with van der Waals surface area (Å²) in [6, 6.07) is 8.00. The van der Waals surface area contributed by atoms with Crippen LogP contribution in [0.5, 0.6) is 0 Å². The van der Waals surface area contributed by atoms with E-state index in [0.717, 1.165) is 5.56 Å². The lowest BCUT2D eigenvalue weighted by molar-refractivity contribution is -0.309. The predicted octanol–water partition coefficient (Wildman–Crippen LogP) is 0.194. The third-order valence-electron chi connectivity index (χ3n) is 3.39. The number of rotatable bonds is 8. The maximum Gasteiger partial charge on any atom is 0.407 e. The molecule has 0 fully saturated rings. The van der Waals surface area contributed by atoms with Gasteiger partial charge in [-0.05, 0) is 11.5 Å². The van der Waals surface area contributed by atoms with E-state index in [2.05, 4.69) is 10.6 Å². The minimum absolute atomic E-state index is 0.0861. The van der Waals surface area contributed by atoms with Crippen molar-refractivity contribution in [2.24, 2.45) is 5.92 Å². The molecule has 0 spiro atoms. The Morgan fingerprint density at radius 3 is 2.43 bits per heavy atom. The van der Waals surface area contributed by atoms with Gasteiger partial charge < -0.3 is 25.3 Å². The highest BCUT2D eigenvalue weighted by atomic mass is 16.5. The molecule has 23 heavy (non-hydrogen) atoms. The number of benzene rings is 1. The molecule has 0 radical (unpaired) electrons. The van der Waals surface area contributed by atoms with Gasteiger partial charge in [-0.25, -0.2) is 4.79 Å². The number of nitrogens with one attached hydrogen (secondary N) is 2. The first-order valence-corrected chi connectivity index (χ1v) is 7.38. The molecule has 1 rings (SSSR count). The Labute approximate surface area is 135 Å². The summed E-state index contributed by atoms with van der Waals surface area (Å²) in [4.78, 5) is 34.2. The number of carboxylic acids is 1. The molecule has 0 saturated heterocycles. The van der Waals surface area contributed by atoms with E-state index in [1.807, 2.05) is 25.1 Å². The quantitative estimate of drug-likeness (QED) is 0.711. The first-order valence-electron chi connectivity index (χ1n) is 7.38. The third-order valence-corrected chi connectivity index (χ3v) is 3.39. The number of hydrogen-bond donors (Lipinski definition) is 2. The van der Waals surface area contributed by atoms with Gasteiger partial charge in [-0.3, -0.25) is 4.79 Å². The molecule has 2 N–H and O–H groups in total. The minimum atomic E-state index is -1.35. The molecule has 0 saturated carbocycles. The Morgan fingerprint density at radius 1 is 1.22 bits per heavy atom. The van der Waals surface area contributed by atoms with Gasteiger partial charge in [0, 0.05) is 0 Å². The van der Waals surface area contributed by atoms with Gasteiger partial charge in [-0.15, -0.1) is 0 Å². The van der Waals surface area contributed by atoms with Crippen LogP contribution in [0.2, 0.25) is 0 Å². The van der Waals surface area contributed by atoms with Gasteiger partial charge in [0.1, 0.15) is 13.2 Å². The smallest absolute Gasteiger partial charge is 0.407 e. The Kier molecular flexibility index (Phi) is 7.59. The lowest BCUT2D eigenvalue weighted by Crippen LogP contribution is -2.53. The number of hydrogen-bond acceptors (Lipinski definition) is 5. The lowest BCUT2D eigenvalue weighted by Gasteiger charge is -2.25. The topological polar surface area (TPSA) is 108 Å². The highest BCUT2D eigenvalue weighted by molar-refractivity contribution is 5.86. The molecule has 2 amide bonds. The molecule has 0 aromatic heterocycles. The van der Waals surface area contributed by atoms with Gasteiger partial charge >= 0.3 is 6.09 Å². The zero-order valence-electron chi connectivity index (χ0n) is 13.2. The van der Waals surface area contributed by atoms with Gasteiger partial charge in [0.2, 0.25) is 5.91 Å². The first-order chi connectivity index (χ1) is 10.9. The van der Waals surface area contributed by atoms with E-state index in [1.54, 1.807) is 19.1 Å². The van der Waals surface area contributed by atoms with E-state index in [-0.39, 0.29) is 19.1 Å². The summed E-state index contributed by atoms with van der Waals surface area (Å²) in [7, 11) is 0. The van der Waals surface area contributed by atoms with Crippen molar-refractivity contribution in [1.82, 2.24) is 10.6 Å². The van der Waals surface area contributed by atoms with Crippen molar-refractivity contribution in [3.05, 3.63) is 35.9 Å². The second-order valence-electron chi connectivity index (χ2n) is 5.17. The molecule has 2 atom stereocenters. The van der Waals surface area contributed by atoms with Gasteiger partial charge in [-0.2, -0.15) is 0 Å². The van der Waals surface area contributed by atoms with Gasteiger partial charge in [-0.1, -0.05) is 50.6 Å². The van der Waals surface area contributed by atoms with Gasteiger partial charge in [0.05, 0.1) is 12.0 Å². The largest absolute Gasteiger partial charge is 0.548 e. The van der Waals surface area contributed by atoms with E-state index >= 15 is 0 Å². The third kappa shape index (κ3) is 6.82. The van der Waals surface area contributed by atoms with Crippen LogP contribution in [0.4, 0.5) is 4.79 Å². The standard InChI is InChI=1S/C16H22N2O5/c1-3-11(2)14(15(20)21)18-13(19)9-17-16(22)23-10-12-7-5-4-6-8-12/h4-8,11,14H,3,9-10H2,1-2H3,(H,17,22)(H,18,19)(H,20,21)/p-1/t11-,14-/m1/s1. The number of alkyl carbamates (subject to hydrolysis) is 1. The molecular weight excluding hydrogens is 300 g/mol. The summed E-state index contributed by atoms with van der Waals surface area (Å²) in [5.41, 5.74) is 0.820. The minimum Gasteiger partial charge on any atom is -0.548 e. The zero-order chi connectivity index (χ0) is 17.2. The summed E-state index contributed by atoms with van der Waals surface area (Å²) in [6.45, 7) is 3.23. The van der Waals surface area contributed by atoms with Crippen molar-refractivity contribution in [2.75, 3.05) is 6.54 Å². The van der Waals surface area contributed by atoms with Crippen LogP contribution in [0.1, 0.15) is 25.8 Å². The SMILES string of the molecule is CC[C@@H](C)[C@@H](NC(=O)CNC(=O)OCc1ccccc1)C(=O)[O-]. The molecule has 0 aliphatic carbocycles. The molecule has 0 aliphatic rings. The molecule has 126 valence electrons. The average Bonchev–Trinajstić information content (AvgIpc) is 2.55. The molecule has 0 heterocycles. The number of amides is 2. The molecule has 1 aromatic rings. The van der Waals surface area contributed by atoms with Crippen molar-refractivity contribution < 1.29 is 24.2 Å². The summed E-state index contributed by atoms with van der Waals surface area (Å²) in [5.74, 6) is -2.23. The Balaban J connectivity index is 2.34. The molecular formula is C16H21N2O5-. The Hall–Kier alpha value is -2.57. The molecule has 0 unspecified atom stereocenters. The molecule has 0 aliphatic heterocycles. The highest BCUT2D eigenvalue weighted by Crippen LogP contribution is 2.06. The number of carbonyl (C=O) groups excluding carboxylic acids is 3. The van der Waals surface area contributed by atoms with E-state index in [1.165, 1.54) is 0 Å². The summed E-state index contributed by atoms with van der Waals surface area (Å²) >= 11 is 0. The average molecular weight is 321 g/mol. The molecule has 1 aromatic carbocycles. The van der Waals surface area contributed by atoms with Crippen molar-refractivity contribution in [3.8, 4) is 0 Å². The van der Waals surface area contributed by atoms with E-state index in [0.29, 0.717) is 6.42 Å². The van der Waals surface area contributed by atoms with Crippen LogP contribution >= 0.6 is 0 Å². The van der Waals surface area contributed by atoms with Crippen molar-refractivity contribution in [2.45, 2.75) is 32.9 Å². The fraction of sp³-hybridized carbons (Fsp3) is 0.438. The Morgan fingerprint density at radius 2 is 1.87 bits per heavy atom. The summed E-state index contributed by atoms with van der Waals surface area (Å²) < 4.78 is 4.94. The van der Waals surface area contributed by atoms with Crippen LogP contribution in [0.3, 0.4) is 0 Å². The summed E-state index contributed by atoms with van der Waals surface area (Å²) in [6.07, 6.45) is -0.177. The zero-order valence-corrected chi connectivity index (χ0v) is 13.2. The number of carboxylic acid groups (broad SMARTS) is 1. The van der Waals surface area contributed by atoms with E-state index < -0.39 is 24.0 Å². The van der Waals surface area contributed by atoms with E-state index in [9.17, 15) is 19.5 Å². The molecule has 7 heteroatoms. The van der Waals surface area contributed by atoms with Crippen molar-refractivity contribution in [1.29, 1.82) is 0 Å². The van der Waals surface area contributed by atoms with Crippen LogP contribution < -0.4 is 15.7 Å². The number of aliphatic carboxylic acids is 1. The highest BCUT2D eigenvalue weighted by Gasteiger charge is 2.19. The van der Waals surface area contributed by atoms with Crippen molar-refractivity contribution in [3.63, 3.8) is 0 Å². The number of carbonyl (C=O) groups is 3. The lowest BCUT2D eigenvalue weighted by atomic mass is 9.99. The fourth-order valence-corrected chi connectivity index (χ4v) is 1.82. The van der Waals surface area contributed by atoms with Gasteiger partial charge in [0.25, 0.3) is 0 Å². The van der Waals surface area contributed by atoms with Crippen molar-refractivity contribution >= 4 is 18.0 Å². The number of ether oxygens (including phenoxy) is 1. The van der Waals surface area contributed by atoms with Crippen LogP contribution in [0, 0.1) is 5.92 Å². The second-order valence-corrected chi connectivity index (χ2v) is 5.17. The molecule has 0 bridgehead atoms. The van der Waals surface area contributed by atoms with Gasteiger partial charge in [0.15, 0.2) is 0 Å². The van der Waals surface area contributed by atoms with Crippen LogP contribution in [0.15, 0.2) is 30.3 Å². The van der Waals surface area contributed by atoms with E-state index in [4.69, 9.17) is 4.74 Å². The maximum absolute atomic E-state index is 11.7. The fourth-order valence-electron chi connectivity index (χ4n) is 1.82. The van der Waals surface area contributed by atoms with Crippen LogP contribution in [-0.2, 0) is 20.9 Å². The molecule has 7 nitrogen and oxygen atoms in total. The normalized spacial score (nSPS) is 12.8. The first kappa shape index (κ1) is 18.5. The summed E-state index contributed by atoms with van der Waals surface area (Å²) in [5, 5.41) is 15.6. The Bertz CT molecular complexity index is 533. The monoisotopic (exact) mass is 321 g/mol. The maximum atomic E-state index is 11.7. The second kappa shape index (κ2) is 9.45. The van der Waals surface area contributed by atoms with Crippen LogP contribution in [0.25, 0.3) is 0 Å². The van der Waals surface area contributed by atoms with Crippen LogP contribution in [-0.4, -0.2) is 30.6 Å². The predicted molar refractivity (Wildman–Crippen MR) is 81.0 cm³/mol.